The topological polar surface area (TPSA) is 201 Å². The van der Waals surface area contributed by atoms with Crippen LogP contribution in [-0.2, 0) is 41.0 Å². The standard InChI is InChI=1S/C6H7O6PS.H3O4P.Ti/c7-13(8,9)5-3-1-2-4-6(5)14(10,11)12;1-5(2,3)4;/h1-4H,(H2,7,8,9)(H,10,11,12);(H3,1,2,3,4);/q;;+4/p-4. The van der Waals surface area contributed by atoms with Gasteiger partial charge in [0, 0.05) is 5.30 Å². The maximum absolute atomic E-state index is 10.7. The molecule has 14 heteroatoms. The second-order valence-corrected chi connectivity index (χ2v) is 6.71. The van der Waals surface area contributed by atoms with Gasteiger partial charge in [-0.1, -0.05) is 18.2 Å². The van der Waals surface area contributed by atoms with Gasteiger partial charge in [-0.2, -0.15) is 8.42 Å². The Bertz CT molecular complexity index is 623. The van der Waals surface area contributed by atoms with Gasteiger partial charge < -0.3 is 33.6 Å². The molecular formula is C6H6O10P2STi. The van der Waals surface area contributed by atoms with Crippen molar-refractivity contribution in [2.45, 2.75) is 4.90 Å². The summed E-state index contributed by atoms with van der Waals surface area (Å²) in [7, 11) is -15.0. The van der Waals surface area contributed by atoms with Crippen molar-refractivity contribution in [1.82, 2.24) is 0 Å². The maximum Gasteiger partial charge on any atom is 4.00 e. The van der Waals surface area contributed by atoms with Gasteiger partial charge in [0.15, 0.2) is 0 Å². The first kappa shape index (κ1) is 22.4. The molecule has 2 N–H and O–H groups in total. The first-order chi connectivity index (χ1) is 8.23. The van der Waals surface area contributed by atoms with E-state index in [9.17, 15) is 22.8 Å². The van der Waals surface area contributed by atoms with Gasteiger partial charge in [-0.25, -0.2) is 0 Å². The van der Waals surface area contributed by atoms with E-state index in [2.05, 4.69) is 0 Å². The SMILES string of the molecule is O=P([O-])([O-])O.O=P([O-])([O-])c1ccccc1S(=O)(=O)O.[Ti+4]. The average Bonchev–Trinajstić information content (AvgIpc) is 2.12. The van der Waals surface area contributed by atoms with Crippen LogP contribution in [-0.4, -0.2) is 17.9 Å². The first-order valence-electron chi connectivity index (χ1n) is 4.07. The van der Waals surface area contributed by atoms with Gasteiger partial charge in [-0.05, 0) is 13.7 Å². The molecule has 0 amide bonds. The quantitative estimate of drug-likeness (QED) is 0.292. The summed E-state index contributed by atoms with van der Waals surface area (Å²) in [5, 5.41) is -0.928. The minimum Gasteiger partial charge on any atom is -0.807 e. The molecule has 1 aromatic rings. The second-order valence-electron chi connectivity index (χ2n) is 2.91. The van der Waals surface area contributed by atoms with Crippen molar-refractivity contribution in [1.29, 1.82) is 0 Å². The van der Waals surface area contributed by atoms with Crippen molar-refractivity contribution in [2.75, 3.05) is 0 Å². The molecule has 0 aliphatic heterocycles. The Morgan fingerprint density at radius 1 is 1.00 bits per heavy atom. The molecule has 0 aromatic heterocycles. The Kier molecular flexibility index (Phi) is 8.87. The number of hydrogen-bond acceptors (Lipinski definition) is 8. The molecule has 0 aliphatic carbocycles. The van der Waals surface area contributed by atoms with Crippen LogP contribution < -0.4 is 24.9 Å². The van der Waals surface area contributed by atoms with Gasteiger partial charge in [-0.15, -0.1) is 0 Å². The Morgan fingerprint density at radius 3 is 1.60 bits per heavy atom. The monoisotopic (exact) mass is 380 g/mol. The summed E-state index contributed by atoms with van der Waals surface area (Å²) in [6, 6.07) is 4.05. The van der Waals surface area contributed by atoms with Crippen LogP contribution in [0.15, 0.2) is 29.2 Å². The van der Waals surface area contributed by atoms with E-state index in [1.165, 1.54) is 12.1 Å². The molecule has 1 rings (SSSR count). The molecule has 0 saturated carbocycles. The molecule has 0 atom stereocenters. The third-order valence-electron chi connectivity index (χ3n) is 1.44. The van der Waals surface area contributed by atoms with Crippen LogP contribution in [0.2, 0.25) is 0 Å². The van der Waals surface area contributed by atoms with Crippen LogP contribution in [0.3, 0.4) is 0 Å². The van der Waals surface area contributed by atoms with Crippen molar-refractivity contribution >= 4 is 30.8 Å². The fraction of sp³-hybridized carbons (Fsp3) is 0. The molecule has 1 aromatic carbocycles. The van der Waals surface area contributed by atoms with E-state index >= 15 is 0 Å². The summed E-state index contributed by atoms with van der Waals surface area (Å²) in [5.74, 6) is 0. The molecule has 0 radical (unpaired) electrons. The molecule has 0 saturated heterocycles. The van der Waals surface area contributed by atoms with E-state index in [4.69, 9.17) is 23.8 Å². The van der Waals surface area contributed by atoms with Gasteiger partial charge in [0.1, 0.15) is 4.90 Å². The van der Waals surface area contributed by atoms with Crippen LogP contribution in [0.25, 0.3) is 0 Å². The van der Waals surface area contributed by atoms with Crippen LogP contribution in [0, 0.1) is 0 Å². The molecular weight excluding hydrogens is 374 g/mol. The van der Waals surface area contributed by atoms with Gasteiger partial charge in [0.2, 0.25) is 0 Å². The van der Waals surface area contributed by atoms with Gasteiger partial charge in [0.25, 0.3) is 10.1 Å². The van der Waals surface area contributed by atoms with Gasteiger partial charge in [0.05, 0.1) is 7.82 Å². The van der Waals surface area contributed by atoms with Gasteiger partial charge >= 0.3 is 21.7 Å². The zero-order valence-corrected chi connectivity index (χ0v) is 13.4. The summed E-state index contributed by atoms with van der Waals surface area (Å²) in [5.41, 5.74) is 0. The van der Waals surface area contributed by atoms with Gasteiger partial charge in [-0.3, -0.25) is 4.55 Å². The second kappa shape index (κ2) is 7.93. The number of benzene rings is 1. The Hall–Kier alpha value is 0.104. The Balaban J connectivity index is 0. The predicted molar refractivity (Wildman–Crippen MR) is 53.3 cm³/mol. The minimum atomic E-state index is -5.19. The first-order valence-corrected chi connectivity index (χ1v) is 8.54. The number of hydrogen-bond donors (Lipinski definition) is 2. The molecule has 110 valence electrons. The summed E-state index contributed by atoms with van der Waals surface area (Å²) in [4.78, 5) is 44.6. The minimum absolute atomic E-state index is 0. The van der Waals surface area contributed by atoms with Crippen LogP contribution in [0.4, 0.5) is 0 Å². The average molecular weight is 380 g/mol. The molecule has 0 fully saturated rings. The molecule has 0 bridgehead atoms. The zero-order valence-electron chi connectivity index (χ0n) is 9.27. The van der Waals surface area contributed by atoms with Crippen LogP contribution >= 0.6 is 15.4 Å². The summed E-state index contributed by atoms with van der Waals surface area (Å²) < 4.78 is 49.2. The largest absolute Gasteiger partial charge is 4.00 e. The van der Waals surface area contributed by atoms with E-state index in [0.717, 1.165) is 12.1 Å². The fourth-order valence-corrected chi connectivity index (χ4v) is 2.78. The van der Waals surface area contributed by atoms with E-state index in [-0.39, 0.29) is 21.7 Å². The molecule has 0 aliphatic rings. The van der Waals surface area contributed by atoms with Crippen LogP contribution in [0.1, 0.15) is 0 Å². The third kappa shape index (κ3) is 9.92. The van der Waals surface area contributed by atoms with Crippen molar-refractivity contribution in [3.8, 4) is 0 Å². The van der Waals surface area contributed by atoms with Crippen molar-refractivity contribution in [2.24, 2.45) is 0 Å². The summed E-state index contributed by atoms with van der Waals surface area (Å²) >= 11 is 0. The number of rotatable bonds is 2. The van der Waals surface area contributed by atoms with E-state index < -0.39 is 35.7 Å². The number of phosphoric acid groups is 1. The molecule has 20 heavy (non-hydrogen) atoms. The summed E-state index contributed by atoms with van der Waals surface area (Å²) in [6.07, 6.45) is 0. The van der Waals surface area contributed by atoms with Crippen molar-refractivity contribution in [3.63, 3.8) is 0 Å². The zero-order chi connectivity index (χ0) is 15.5. The maximum atomic E-state index is 10.7. The predicted octanol–water partition coefficient (Wildman–Crippen LogP) is -3.72. The summed E-state index contributed by atoms with van der Waals surface area (Å²) in [6.45, 7) is 0. The van der Waals surface area contributed by atoms with Crippen molar-refractivity contribution < 1.29 is 68.3 Å². The normalized spacial score (nSPS) is 11.9. The smallest absolute Gasteiger partial charge is 0.807 e. The third-order valence-corrected chi connectivity index (χ3v) is 3.48. The van der Waals surface area contributed by atoms with Crippen LogP contribution in [0.5, 0.6) is 0 Å². The fourth-order valence-electron chi connectivity index (χ4n) is 0.902. The molecule has 0 spiro atoms. The molecule has 10 nitrogen and oxygen atoms in total. The van der Waals surface area contributed by atoms with E-state index in [1.54, 1.807) is 0 Å². The molecule has 0 unspecified atom stereocenters. The molecule has 0 heterocycles. The van der Waals surface area contributed by atoms with E-state index in [1.807, 2.05) is 0 Å². The van der Waals surface area contributed by atoms with Crippen molar-refractivity contribution in [3.05, 3.63) is 24.3 Å². The Morgan fingerprint density at radius 2 is 1.35 bits per heavy atom. The van der Waals surface area contributed by atoms with E-state index in [0.29, 0.717) is 0 Å². The Labute approximate surface area is 128 Å².